The van der Waals surface area contributed by atoms with Crippen molar-refractivity contribution in [1.29, 1.82) is 0 Å². The van der Waals surface area contributed by atoms with E-state index in [9.17, 15) is 19.1 Å². The normalized spacial score (nSPS) is 10.7. The Morgan fingerprint density at radius 1 is 1.09 bits per heavy atom. The van der Waals surface area contributed by atoms with Gasteiger partial charge in [-0.25, -0.2) is 4.39 Å². The summed E-state index contributed by atoms with van der Waals surface area (Å²) in [7, 11) is 1.37. The van der Waals surface area contributed by atoms with Crippen LogP contribution in [0.2, 0.25) is 0 Å². The largest absolute Gasteiger partial charge is 0.494 e. The molecule has 0 aliphatic carbocycles. The first-order valence-electron chi connectivity index (χ1n) is 6.87. The van der Waals surface area contributed by atoms with Crippen molar-refractivity contribution >= 4 is 22.4 Å². The van der Waals surface area contributed by atoms with Gasteiger partial charge in [0.05, 0.1) is 5.69 Å². The molecule has 5 nitrogen and oxygen atoms in total. The van der Waals surface area contributed by atoms with Gasteiger partial charge in [-0.2, -0.15) is 0 Å². The minimum absolute atomic E-state index is 0.00478. The van der Waals surface area contributed by atoms with Gasteiger partial charge in [0.25, 0.3) is 11.5 Å². The third-order valence-corrected chi connectivity index (χ3v) is 3.62. The molecule has 2 aromatic carbocycles. The van der Waals surface area contributed by atoms with Crippen LogP contribution >= 0.6 is 0 Å². The number of nitrogens with one attached hydrogen (secondary N) is 1. The molecule has 116 valence electrons. The maximum atomic E-state index is 13.7. The number of rotatable bonds is 2. The molecule has 1 amide bonds. The second kappa shape index (κ2) is 5.57. The molecule has 1 aromatic heterocycles. The van der Waals surface area contributed by atoms with Crippen LogP contribution in [0.25, 0.3) is 10.8 Å². The van der Waals surface area contributed by atoms with Crippen LogP contribution in [0.3, 0.4) is 0 Å². The zero-order valence-corrected chi connectivity index (χ0v) is 12.2. The lowest BCUT2D eigenvalue weighted by Gasteiger charge is -2.13. The second-order valence-corrected chi connectivity index (χ2v) is 5.04. The van der Waals surface area contributed by atoms with Gasteiger partial charge in [0.2, 0.25) is 5.88 Å². The number of benzene rings is 2. The number of fused-ring (bicyclic) bond motifs is 1. The molecule has 2 N–H and O–H groups in total. The van der Waals surface area contributed by atoms with Crippen LogP contribution in [0.1, 0.15) is 10.4 Å². The predicted octanol–water partition coefficient (Wildman–Crippen LogP) is 2.64. The van der Waals surface area contributed by atoms with Gasteiger partial charge in [0.15, 0.2) is 0 Å². The number of pyridine rings is 1. The Morgan fingerprint density at radius 3 is 2.39 bits per heavy atom. The summed E-state index contributed by atoms with van der Waals surface area (Å²) in [5, 5.41) is 13.2. The molecular formula is C17H13FN2O3. The lowest BCUT2D eigenvalue weighted by molar-refractivity contribution is 0.102. The Balaban J connectivity index is 2.18. The van der Waals surface area contributed by atoms with Crippen LogP contribution in [-0.4, -0.2) is 15.6 Å². The SMILES string of the molecule is Cn1c(O)c(C(=O)Nc2ccccc2F)c2ccccc2c1=O. The zero-order valence-electron chi connectivity index (χ0n) is 12.2. The maximum absolute atomic E-state index is 13.7. The molecule has 0 atom stereocenters. The lowest BCUT2D eigenvalue weighted by Crippen LogP contribution is -2.22. The molecule has 0 bridgehead atoms. The van der Waals surface area contributed by atoms with E-state index in [-0.39, 0.29) is 11.3 Å². The van der Waals surface area contributed by atoms with E-state index >= 15 is 0 Å². The highest BCUT2D eigenvalue weighted by Crippen LogP contribution is 2.25. The Bertz CT molecular complexity index is 979. The van der Waals surface area contributed by atoms with E-state index in [4.69, 9.17) is 0 Å². The van der Waals surface area contributed by atoms with Crippen LogP contribution < -0.4 is 10.9 Å². The van der Waals surface area contributed by atoms with E-state index in [1.54, 1.807) is 30.3 Å². The average Bonchev–Trinajstić information content (AvgIpc) is 2.55. The Hall–Kier alpha value is -3.15. The first-order chi connectivity index (χ1) is 11.0. The molecule has 0 spiro atoms. The molecule has 0 aliphatic heterocycles. The number of aromatic nitrogens is 1. The highest BCUT2D eigenvalue weighted by Gasteiger charge is 2.20. The molecule has 6 heteroatoms. The van der Waals surface area contributed by atoms with Gasteiger partial charge < -0.3 is 10.4 Å². The van der Waals surface area contributed by atoms with Crippen molar-refractivity contribution in [2.45, 2.75) is 0 Å². The van der Waals surface area contributed by atoms with Gasteiger partial charge in [0, 0.05) is 17.8 Å². The van der Waals surface area contributed by atoms with E-state index < -0.39 is 23.2 Å². The van der Waals surface area contributed by atoms with Crippen LogP contribution in [-0.2, 0) is 7.05 Å². The van der Waals surface area contributed by atoms with Gasteiger partial charge in [-0.05, 0) is 18.2 Å². The van der Waals surface area contributed by atoms with Crippen LogP contribution in [0, 0.1) is 5.82 Å². The highest BCUT2D eigenvalue weighted by molar-refractivity contribution is 6.14. The minimum Gasteiger partial charge on any atom is -0.494 e. The van der Waals surface area contributed by atoms with Crippen molar-refractivity contribution in [3.63, 3.8) is 0 Å². The number of halogens is 1. The number of amides is 1. The second-order valence-electron chi connectivity index (χ2n) is 5.04. The number of anilines is 1. The van der Waals surface area contributed by atoms with Gasteiger partial charge >= 0.3 is 0 Å². The molecule has 0 aliphatic rings. The summed E-state index contributed by atoms with van der Waals surface area (Å²) in [6.07, 6.45) is 0. The summed E-state index contributed by atoms with van der Waals surface area (Å²) < 4.78 is 14.7. The standard InChI is InChI=1S/C17H13FN2O3/c1-20-16(22)11-7-3-2-6-10(11)14(17(20)23)15(21)19-13-9-5-4-8-12(13)18/h2-9,23H,1H3,(H,19,21). The average molecular weight is 312 g/mol. The number of hydrogen-bond acceptors (Lipinski definition) is 3. The number of nitrogens with zero attached hydrogens (tertiary/aromatic N) is 1. The topological polar surface area (TPSA) is 71.3 Å². The number of carbonyl (C=O) groups is 1. The first-order valence-corrected chi connectivity index (χ1v) is 6.87. The van der Waals surface area contributed by atoms with Crippen LogP contribution in [0.4, 0.5) is 10.1 Å². The molecule has 3 aromatic rings. The molecule has 23 heavy (non-hydrogen) atoms. The van der Waals surface area contributed by atoms with E-state index in [0.717, 1.165) is 4.57 Å². The molecular weight excluding hydrogens is 299 g/mol. The van der Waals surface area contributed by atoms with Crippen molar-refractivity contribution in [3.05, 3.63) is 70.3 Å². The fourth-order valence-electron chi connectivity index (χ4n) is 2.42. The molecule has 0 radical (unpaired) electrons. The fourth-order valence-corrected chi connectivity index (χ4v) is 2.42. The predicted molar refractivity (Wildman–Crippen MR) is 85.2 cm³/mol. The lowest BCUT2D eigenvalue weighted by atomic mass is 10.1. The van der Waals surface area contributed by atoms with E-state index in [1.165, 1.54) is 25.2 Å². The number of hydrogen-bond donors (Lipinski definition) is 2. The van der Waals surface area contributed by atoms with Crippen molar-refractivity contribution in [2.75, 3.05) is 5.32 Å². The van der Waals surface area contributed by atoms with Crippen LogP contribution in [0.5, 0.6) is 5.88 Å². The Labute approximate surface area is 130 Å². The Morgan fingerprint density at radius 2 is 1.70 bits per heavy atom. The molecule has 0 saturated heterocycles. The van der Waals surface area contributed by atoms with Crippen molar-refractivity contribution in [1.82, 2.24) is 4.57 Å². The van der Waals surface area contributed by atoms with E-state index in [1.807, 2.05) is 0 Å². The maximum Gasteiger partial charge on any atom is 0.261 e. The third kappa shape index (κ3) is 2.44. The minimum atomic E-state index is -0.695. The zero-order chi connectivity index (χ0) is 16.6. The Kier molecular flexibility index (Phi) is 3.57. The highest BCUT2D eigenvalue weighted by atomic mass is 19.1. The number of carbonyl (C=O) groups excluding carboxylic acids is 1. The third-order valence-electron chi connectivity index (χ3n) is 3.62. The fraction of sp³-hybridized carbons (Fsp3) is 0.0588. The van der Waals surface area contributed by atoms with Gasteiger partial charge in [-0.15, -0.1) is 0 Å². The van der Waals surface area contributed by atoms with E-state index in [0.29, 0.717) is 10.8 Å². The van der Waals surface area contributed by atoms with Crippen molar-refractivity contribution in [3.8, 4) is 5.88 Å². The summed E-state index contributed by atoms with van der Waals surface area (Å²) >= 11 is 0. The summed E-state index contributed by atoms with van der Waals surface area (Å²) in [5.74, 6) is -1.75. The summed E-state index contributed by atoms with van der Waals surface area (Å²) in [4.78, 5) is 24.7. The quantitative estimate of drug-likeness (QED) is 0.764. The molecule has 0 unspecified atom stereocenters. The molecule has 0 saturated carbocycles. The van der Waals surface area contributed by atoms with Gasteiger partial charge in [0.1, 0.15) is 11.4 Å². The summed E-state index contributed by atoms with van der Waals surface area (Å²) in [6, 6.07) is 12.2. The number of aromatic hydroxyl groups is 1. The summed E-state index contributed by atoms with van der Waals surface area (Å²) in [5.41, 5.74) is -0.499. The molecule has 3 rings (SSSR count). The smallest absolute Gasteiger partial charge is 0.261 e. The summed E-state index contributed by atoms with van der Waals surface area (Å²) in [6.45, 7) is 0. The molecule has 0 fully saturated rings. The van der Waals surface area contributed by atoms with Crippen molar-refractivity contribution < 1.29 is 14.3 Å². The van der Waals surface area contributed by atoms with Crippen molar-refractivity contribution in [2.24, 2.45) is 7.05 Å². The molecule has 1 heterocycles. The van der Waals surface area contributed by atoms with E-state index in [2.05, 4.69) is 5.32 Å². The van der Waals surface area contributed by atoms with Gasteiger partial charge in [-0.3, -0.25) is 14.2 Å². The monoisotopic (exact) mass is 312 g/mol. The number of para-hydroxylation sites is 1. The van der Waals surface area contributed by atoms with Gasteiger partial charge in [-0.1, -0.05) is 30.3 Å². The first kappa shape index (κ1) is 14.8. The van der Waals surface area contributed by atoms with Crippen LogP contribution in [0.15, 0.2) is 53.3 Å².